The lowest BCUT2D eigenvalue weighted by atomic mass is 10.1. The van der Waals surface area contributed by atoms with Crippen molar-refractivity contribution in [3.63, 3.8) is 0 Å². The number of benzene rings is 3. The van der Waals surface area contributed by atoms with E-state index in [1.165, 1.54) is 23.9 Å². The Labute approximate surface area is 240 Å². The second-order valence-electron chi connectivity index (χ2n) is 8.83. The Balaban J connectivity index is 1.69. The number of hydrogen-bond acceptors (Lipinski definition) is 6. The summed E-state index contributed by atoms with van der Waals surface area (Å²) in [6, 6.07) is 19.7. The van der Waals surface area contributed by atoms with Crippen molar-refractivity contribution >= 4 is 56.5 Å². The van der Waals surface area contributed by atoms with E-state index in [2.05, 4.69) is 22.9 Å². The molecule has 4 rings (SSSR count). The van der Waals surface area contributed by atoms with E-state index in [0.29, 0.717) is 28.2 Å². The van der Waals surface area contributed by atoms with E-state index in [1.54, 1.807) is 17.0 Å². The summed E-state index contributed by atoms with van der Waals surface area (Å²) in [4.78, 5) is 31.7. The van der Waals surface area contributed by atoms with Crippen LogP contribution in [0.15, 0.2) is 81.1 Å². The normalized spacial score (nSPS) is 16.1. The highest BCUT2D eigenvalue weighted by Crippen LogP contribution is 2.40. The topological polar surface area (TPSA) is 88.4 Å². The van der Waals surface area contributed by atoms with Crippen molar-refractivity contribution in [1.29, 1.82) is 0 Å². The fourth-order valence-corrected chi connectivity index (χ4v) is 5.31. The fraction of sp³-hybridized carbons (Fsp3) is 0.233. The maximum atomic E-state index is 13.6. The van der Waals surface area contributed by atoms with E-state index in [0.717, 1.165) is 27.7 Å². The maximum Gasteiger partial charge on any atom is 0.335 e. The molecule has 1 atom stereocenters. The molecule has 0 radical (unpaired) electrons. The van der Waals surface area contributed by atoms with Crippen LogP contribution in [0, 0.1) is 0 Å². The predicted molar refractivity (Wildman–Crippen MR) is 159 cm³/mol. The lowest BCUT2D eigenvalue weighted by Crippen LogP contribution is -2.28. The summed E-state index contributed by atoms with van der Waals surface area (Å²) in [7, 11) is 0. The zero-order valence-electron chi connectivity index (χ0n) is 21.9. The number of carboxylic acids is 1. The number of thioether (sulfide) groups is 1. The molecule has 202 valence electrons. The number of amidine groups is 1. The summed E-state index contributed by atoms with van der Waals surface area (Å²) in [6.45, 7) is 6.70. The van der Waals surface area contributed by atoms with Gasteiger partial charge in [0.15, 0.2) is 16.7 Å². The predicted octanol–water partition coefficient (Wildman–Crippen LogP) is 7.53. The summed E-state index contributed by atoms with van der Waals surface area (Å²) < 4.78 is 12.7. The second-order valence-corrected chi connectivity index (χ2v) is 10.7. The first-order valence-corrected chi connectivity index (χ1v) is 14.2. The molecule has 0 unspecified atom stereocenters. The minimum absolute atomic E-state index is 0.0200. The van der Waals surface area contributed by atoms with Gasteiger partial charge in [-0.1, -0.05) is 37.3 Å². The van der Waals surface area contributed by atoms with Gasteiger partial charge in [0.25, 0.3) is 5.91 Å². The second kappa shape index (κ2) is 13.0. The van der Waals surface area contributed by atoms with Gasteiger partial charge in [-0.15, -0.1) is 0 Å². The third kappa shape index (κ3) is 7.10. The van der Waals surface area contributed by atoms with Gasteiger partial charge in [-0.3, -0.25) is 9.69 Å². The highest BCUT2D eigenvalue weighted by Gasteiger charge is 2.33. The van der Waals surface area contributed by atoms with E-state index in [9.17, 15) is 14.7 Å². The number of hydrogen-bond donors (Lipinski definition) is 1. The van der Waals surface area contributed by atoms with Gasteiger partial charge in [0.2, 0.25) is 0 Å². The molecule has 1 fully saturated rings. The first kappa shape index (κ1) is 28.4. The molecule has 39 heavy (non-hydrogen) atoms. The molecule has 0 aromatic heterocycles. The van der Waals surface area contributed by atoms with Crippen LogP contribution in [0.1, 0.15) is 48.7 Å². The van der Waals surface area contributed by atoms with Gasteiger partial charge in [0.1, 0.15) is 0 Å². The van der Waals surface area contributed by atoms with E-state index in [4.69, 9.17) is 14.5 Å². The largest absolute Gasteiger partial charge is 0.490 e. The maximum absolute atomic E-state index is 13.6. The SMILES string of the molecule is CCOc1cc(/C=C2\SC(=Nc3ccccc3)N(Cc3ccc(C(=O)O)cc3)C2=O)cc(Br)c1O[C@H](C)CC. The minimum Gasteiger partial charge on any atom is -0.490 e. The Hall–Kier alpha value is -3.56. The van der Waals surface area contributed by atoms with Crippen molar-refractivity contribution in [2.24, 2.45) is 4.99 Å². The molecule has 0 spiro atoms. The molecule has 1 aliphatic rings. The molecule has 9 heteroatoms. The van der Waals surface area contributed by atoms with Gasteiger partial charge in [-0.25, -0.2) is 9.79 Å². The Morgan fingerprint density at radius 2 is 1.85 bits per heavy atom. The number of carboxylic acid groups (broad SMARTS) is 1. The molecule has 1 N–H and O–H groups in total. The minimum atomic E-state index is -0.996. The zero-order chi connectivity index (χ0) is 27.9. The quantitative estimate of drug-likeness (QED) is 0.239. The Kier molecular flexibility index (Phi) is 9.48. The summed E-state index contributed by atoms with van der Waals surface area (Å²) in [5.74, 6) is 0.0506. The number of aromatic carboxylic acids is 1. The van der Waals surface area contributed by atoms with E-state index in [-0.39, 0.29) is 24.1 Å². The molecule has 3 aromatic rings. The molecule has 3 aromatic carbocycles. The lowest BCUT2D eigenvalue weighted by molar-refractivity contribution is -0.122. The zero-order valence-corrected chi connectivity index (χ0v) is 24.3. The van der Waals surface area contributed by atoms with Crippen LogP contribution in [-0.4, -0.2) is 39.8 Å². The van der Waals surface area contributed by atoms with Crippen LogP contribution in [0.25, 0.3) is 6.08 Å². The number of rotatable bonds is 10. The van der Waals surface area contributed by atoms with Crippen LogP contribution in [0.5, 0.6) is 11.5 Å². The van der Waals surface area contributed by atoms with Gasteiger partial charge >= 0.3 is 5.97 Å². The molecule has 1 saturated heterocycles. The summed E-state index contributed by atoms with van der Waals surface area (Å²) in [5.41, 5.74) is 2.50. The molecule has 1 aliphatic heterocycles. The Morgan fingerprint density at radius 3 is 2.49 bits per heavy atom. The van der Waals surface area contributed by atoms with Crippen molar-refractivity contribution in [1.82, 2.24) is 4.90 Å². The molecular weight excluding hydrogens is 580 g/mol. The van der Waals surface area contributed by atoms with Gasteiger partial charge in [0.05, 0.1) is 39.9 Å². The number of ether oxygens (including phenoxy) is 2. The standard InChI is InChI=1S/C30H29BrN2O5S/c1-4-19(3)38-27-24(31)15-21(16-25(27)37-5-2)17-26-28(34)33(18-20-11-13-22(14-12-20)29(35)36)30(39-26)32-23-9-7-6-8-10-23/h6-17,19H,4-5,18H2,1-3H3,(H,35,36)/b26-17-,32-30?/t19-/m1/s1. The summed E-state index contributed by atoms with van der Waals surface area (Å²) >= 11 is 4.91. The number of amides is 1. The van der Waals surface area contributed by atoms with Crippen LogP contribution in [0.4, 0.5) is 5.69 Å². The monoisotopic (exact) mass is 608 g/mol. The number of para-hydroxylation sites is 1. The fourth-order valence-electron chi connectivity index (χ4n) is 3.76. The lowest BCUT2D eigenvalue weighted by Gasteiger charge is -2.18. The smallest absolute Gasteiger partial charge is 0.335 e. The van der Waals surface area contributed by atoms with E-state index >= 15 is 0 Å². The Morgan fingerprint density at radius 1 is 1.13 bits per heavy atom. The van der Waals surface area contributed by atoms with E-state index in [1.807, 2.05) is 62.4 Å². The first-order chi connectivity index (χ1) is 18.8. The van der Waals surface area contributed by atoms with Gasteiger partial charge in [-0.05, 0) is 102 Å². The van der Waals surface area contributed by atoms with Crippen molar-refractivity contribution in [2.45, 2.75) is 39.8 Å². The summed E-state index contributed by atoms with van der Waals surface area (Å²) in [6.07, 6.45) is 2.70. The number of halogens is 1. The summed E-state index contributed by atoms with van der Waals surface area (Å²) in [5, 5.41) is 9.76. The number of carbonyl (C=O) groups is 2. The number of carbonyl (C=O) groups excluding carboxylic acids is 1. The van der Waals surface area contributed by atoms with Crippen LogP contribution in [0.3, 0.4) is 0 Å². The first-order valence-electron chi connectivity index (χ1n) is 12.6. The van der Waals surface area contributed by atoms with Crippen LogP contribution in [-0.2, 0) is 11.3 Å². The van der Waals surface area contributed by atoms with Crippen molar-refractivity contribution in [2.75, 3.05) is 6.61 Å². The molecular formula is C30H29BrN2O5S. The molecule has 1 amide bonds. The van der Waals surface area contributed by atoms with Crippen LogP contribution >= 0.6 is 27.7 Å². The average Bonchev–Trinajstić information content (AvgIpc) is 3.20. The molecule has 0 bridgehead atoms. The third-order valence-corrected chi connectivity index (χ3v) is 7.53. The van der Waals surface area contributed by atoms with Crippen LogP contribution < -0.4 is 9.47 Å². The molecule has 7 nitrogen and oxygen atoms in total. The highest BCUT2D eigenvalue weighted by molar-refractivity contribution is 9.10. The van der Waals surface area contributed by atoms with Crippen molar-refractivity contribution in [3.8, 4) is 11.5 Å². The van der Waals surface area contributed by atoms with Crippen LogP contribution in [0.2, 0.25) is 0 Å². The highest BCUT2D eigenvalue weighted by atomic mass is 79.9. The molecule has 0 aliphatic carbocycles. The third-order valence-electron chi connectivity index (χ3n) is 5.93. The van der Waals surface area contributed by atoms with Crippen molar-refractivity contribution in [3.05, 3.63) is 92.8 Å². The number of aliphatic imine (C=N–C) groups is 1. The van der Waals surface area contributed by atoms with Gasteiger partial charge < -0.3 is 14.6 Å². The Bertz CT molecular complexity index is 1410. The molecule has 0 saturated carbocycles. The van der Waals surface area contributed by atoms with Gasteiger partial charge in [0, 0.05) is 0 Å². The molecule has 1 heterocycles. The average molecular weight is 610 g/mol. The number of nitrogens with zero attached hydrogens (tertiary/aromatic N) is 2. The van der Waals surface area contributed by atoms with Gasteiger partial charge in [-0.2, -0.15) is 0 Å². The van der Waals surface area contributed by atoms with Crippen molar-refractivity contribution < 1.29 is 24.2 Å². The van der Waals surface area contributed by atoms with E-state index < -0.39 is 5.97 Å².